The minimum atomic E-state index is -0.153. The average molecular weight is 293 g/mol. The van der Waals surface area contributed by atoms with Gasteiger partial charge >= 0.3 is 0 Å². The molecule has 1 fully saturated rings. The summed E-state index contributed by atoms with van der Waals surface area (Å²) in [5, 5.41) is 14.1. The number of hydrogen-bond acceptors (Lipinski definition) is 4. The van der Waals surface area contributed by atoms with Gasteiger partial charge in [0, 0.05) is 28.9 Å². The number of aromatic amines is 1. The molecule has 22 heavy (non-hydrogen) atoms. The van der Waals surface area contributed by atoms with Gasteiger partial charge in [0.25, 0.3) is 5.91 Å². The lowest BCUT2D eigenvalue weighted by atomic mass is 10.2. The molecule has 0 radical (unpaired) electrons. The molecule has 6 heteroatoms. The first kappa shape index (κ1) is 12.8. The Morgan fingerprint density at radius 1 is 1.23 bits per heavy atom. The Labute approximate surface area is 127 Å². The summed E-state index contributed by atoms with van der Waals surface area (Å²) in [5.41, 5.74) is 2.21. The maximum atomic E-state index is 12.3. The van der Waals surface area contributed by atoms with Crippen molar-refractivity contribution in [3.8, 4) is 0 Å². The van der Waals surface area contributed by atoms with Crippen molar-refractivity contribution >= 4 is 28.3 Å². The molecular weight excluding hydrogens is 278 g/mol. The van der Waals surface area contributed by atoms with Crippen molar-refractivity contribution in [3.63, 3.8) is 0 Å². The van der Waals surface area contributed by atoms with Crippen LogP contribution in [-0.4, -0.2) is 27.1 Å². The molecule has 1 aromatic carbocycles. The first-order valence-electron chi connectivity index (χ1n) is 7.25. The van der Waals surface area contributed by atoms with Crippen molar-refractivity contribution in [3.05, 3.63) is 48.3 Å². The predicted molar refractivity (Wildman–Crippen MR) is 84.9 cm³/mol. The molecule has 110 valence electrons. The Hall–Kier alpha value is -2.89. The second-order valence-electron chi connectivity index (χ2n) is 5.47. The van der Waals surface area contributed by atoms with Gasteiger partial charge < -0.3 is 10.6 Å². The van der Waals surface area contributed by atoms with Gasteiger partial charge in [0.1, 0.15) is 5.82 Å². The van der Waals surface area contributed by atoms with Crippen molar-refractivity contribution in [2.75, 3.05) is 10.6 Å². The van der Waals surface area contributed by atoms with E-state index in [9.17, 15) is 4.79 Å². The molecule has 6 nitrogen and oxygen atoms in total. The Morgan fingerprint density at radius 3 is 3.00 bits per heavy atom. The van der Waals surface area contributed by atoms with Crippen molar-refractivity contribution < 1.29 is 4.79 Å². The predicted octanol–water partition coefficient (Wildman–Crippen LogP) is 2.78. The highest BCUT2D eigenvalue weighted by Gasteiger charge is 2.21. The molecule has 4 rings (SSSR count). The van der Waals surface area contributed by atoms with E-state index in [1.54, 1.807) is 24.5 Å². The molecule has 0 aliphatic heterocycles. The van der Waals surface area contributed by atoms with Crippen LogP contribution in [0.2, 0.25) is 0 Å². The summed E-state index contributed by atoms with van der Waals surface area (Å²) < 4.78 is 0. The van der Waals surface area contributed by atoms with E-state index in [-0.39, 0.29) is 5.91 Å². The summed E-state index contributed by atoms with van der Waals surface area (Å²) in [5.74, 6) is 0.597. The molecule has 3 aromatic rings. The molecule has 0 saturated heterocycles. The van der Waals surface area contributed by atoms with Gasteiger partial charge in [-0.15, -0.1) is 0 Å². The minimum absolute atomic E-state index is 0.153. The third-order valence-corrected chi connectivity index (χ3v) is 3.65. The fourth-order valence-corrected chi connectivity index (χ4v) is 2.31. The van der Waals surface area contributed by atoms with E-state index < -0.39 is 0 Å². The van der Waals surface area contributed by atoms with Crippen molar-refractivity contribution in [1.29, 1.82) is 0 Å². The first-order chi connectivity index (χ1) is 10.8. The van der Waals surface area contributed by atoms with E-state index in [1.165, 1.54) is 12.8 Å². The summed E-state index contributed by atoms with van der Waals surface area (Å²) >= 11 is 0. The third kappa shape index (κ3) is 2.63. The summed E-state index contributed by atoms with van der Waals surface area (Å²) in [6.07, 6.45) is 5.74. The normalized spacial score (nSPS) is 14.0. The number of anilines is 2. The molecule has 1 amide bonds. The number of benzene rings is 1. The molecule has 1 saturated carbocycles. The number of carbonyl (C=O) groups excluding carboxylic acids is 1. The molecule has 0 atom stereocenters. The number of amides is 1. The molecule has 0 unspecified atom stereocenters. The molecule has 0 spiro atoms. The van der Waals surface area contributed by atoms with Crippen LogP contribution in [0.25, 0.3) is 10.9 Å². The first-order valence-corrected chi connectivity index (χ1v) is 7.25. The topological polar surface area (TPSA) is 82.7 Å². The van der Waals surface area contributed by atoms with Crippen LogP contribution in [-0.2, 0) is 0 Å². The molecular formula is C16H15N5O. The number of hydrogen-bond donors (Lipinski definition) is 3. The zero-order valence-corrected chi connectivity index (χ0v) is 11.8. The van der Waals surface area contributed by atoms with E-state index in [1.807, 2.05) is 18.2 Å². The fraction of sp³-hybridized carbons (Fsp3) is 0.188. The zero-order valence-electron chi connectivity index (χ0n) is 11.8. The van der Waals surface area contributed by atoms with Gasteiger partial charge in [-0.3, -0.25) is 9.89 Å². The lowest BCUT2D eigenvalue weighted by Gasteiger charge is -2.07. The Kier molecular flexibility index (Phi) is 3.00. The molecule has 1 aliphatic carbocycles. The van der Waals surface area contributed by atoms with Crippen LogP contribution in [0.15, 0.2) is 42.7 Å². The Morgan fingerprint density at radius 2 is 2.14 bits per heavy atom. The standard InChI is InChI=1S/C16H15N5O/c22-16(10-5-6-17-15(7-10)19-12-3-4-12)20-13-2-1-11-9-18-21-14(11)8-13/h1-2,5-9,12H,3-4H2,(H,17,19)(H,18,21)(H,20,22). The number of fused-ring (bicyclic) bond motifs is 1. The highest BCUT2D eigenvalue weighted by atomic mass is 16.1. The van der Waals surface area contributed by atoms with Crippen LogP contribution in [0, 0.1) is 0 Å². The number of nitrogens with one attached hydrogen (secondary N) is 3. The number of nitrogens with zero attached hydrogens (tertiary/aromatic N) is 2. The maximum Gasteiger partial charge on any atom is 0.255 e. The summed E-state index contributed by atoms with van der Waals surface area (Å²) in [7, 11) is 0. The van der Waals surface area contributed by atoms with E-state index in [0.29, 0.717) is 11.6 Å². The van der Waals surface area contributed by atoms with Crippen LogP contribution >= 0.6 is 0 Å². The molecule has 2 heterocycles. The minimum Gasteiger partial charge on any atom is -0.367 e. The number of aromatic nitrogens is 3. The van der Waals surface area contributed by atoms with Gasteiger partial charge in [0.05, 0.1) is 11.7 Å². The van der Waals surface area contributed by atoms with E-state index in [4.69, 9.17) is 0 Å². The van der Waals surface area contributed by atoms with Gasteiger partial charge in [-0.05, 0) is 43.2 Å². The molecule has 0 bridgehead atoms. The van der Waals surface area contributed by atoms with Crippen LogP contribution in [0.1, 0.15) is 23.2 Å². The Bertz CT molecular complexity index is 837. The number of rotatable bonds is 4. The molecule has 1 aliphatic rings. The average Bonchev–Trinajstić information content (AvgIpc) is 3.22. The van der Waals surface area contributed by atoms with E-state index >= 15 is 0 Å². The van der Waals surface area contributed by atoms with Gasteiger partial charge in [0.2, 0.25) is 0 Å². The van der Waals surface area contributed by atoms with Gasteiger partial charge in [0.15, 0.2) is 0 Å². The van der Waals surface area contributed by atoms with E-state index in [0.717, 1.165) is 22.4 Å². The van der Waals surface area contributed by atoms with Crippen molar-refractivity contribution in [2.24, 2.45) is 0 Å². The summed E-state index contributed by atoms with van der Waals surface area (Å²) in [6, 6.07) is 9.64. The smallest absolute Gasteiger partial charge is 0.255 e. The van der Waals surface area contributed by atoms with Crippen LogP contribution in [0.3, 0.4) is 0 Å². The SMILES string of the molecule is O=C(Nc1ccc2cn[nH]c2c1)c1ccnc(NC2CC2)c1. The summed E-state index contributed by atoms with van der Waals surface area (Å²) in [6.45, 7) is 0. The highest BCUT2D eigenvalue weighted by molar-refractivity contribution is 6.05. The summed E-state index contributed by atoms with van der Waals surface area (Å²) in [4.78, 5) is 16.6. The second-order valence-corrected chi connectivity index (χ2v) is 5.47. The monoisotopic (exact) mass is 293 g/mol. The van der Waals surface area contributed by atoms with Crippen molar-refractivity contribution in [2.45, 2.75) is 18.9 Å². The van der Waals surface area contributed by atoms with Gasteiger partial charge in [-0.25, -0.2) is 4.98 Å². The third-order valence-electron chi connectivity index (χ3n) is 3.65. The van der Waals surface area contributed by atoms with Gasteiger partial charge in [-0.2, -0.15) is 5.10 Å². The number of carbonyl (C=O) groups is 1. The lowest BCUT2D eigenvalue weighted by molar-refractivity contribution is 0.102. The zero-order chi connectivity index (χ0) is 14.9. The second kappa shape index (κ2) is 5.14. The maximum absolute atomic E-state index is 12.3. The highest BCUT2D eigenvalue weighted by Crippen LogP contribution is 2.24. The largest absolute Gasteiger partial charge is 0.367 e. The fourth-order valence-electron chi connectivity index (χ4n) is 2.31. The van der Waals surface area contributed by atoms with Crippen LogP contribution in [0.4, 0.5) is 11.5 Å². The number of H-pyrrole nitrogens is 1. The molecule has 3 N–H and O–H groups in total. The molecule has 2 aromatic heterocycles. The Balaban J connectivity index is 1.53. The van der Waals surface area contributed by atoms with Crippen molar-refractivity contribution in [1.82, 2.24) is 15.2 Å². The van der Waals surface area contributed by atoms with E-state index in [2.05, 4.69) is 25.8 Å². The lowest BCUT2D eigenvalue weighted by Crippen LogP contribution is -2.13. The van der Waals surface area contributed by atoms with Crippen LogP contribution < -0.4 is 10.6 Å². The quantitative estimate of drug-likeness (QED) is 0.690. The number of pyridine rings is 1. The van der Waals surface area contributed by atoms with Gasteiger partial charge in [-0.1, -0.05) is 0 Å². The van der Waals surface area contributed by atoms with Crippen LogP contribution in [0.5, 0.6) is 0 Å².